The molecule has 0 aromatic carbocycles. The highest BCUT2D eigenvalue weighted by molar-refractivity contribution is 8.00. The van der Waals surface area contributed by atoms with Gasteiger partial charge in [-0.3, -0.25) is 14.2 Å². The van der Waals surface area contributed by atoms with Crippen molar-refractivity contribution in [2.45, 2.75) is 30.3 Å². The second kappa shape index (κ2) is 6.41. The molecular formula is C13H16N2O3S3. The van der Waals surface area contributed by atoms with Crippen LogP contribution in [-0.4, -0.2) is 37.4 Å². The van der Waals surface area contributed by atoms with E-state index in [4.69, 9.17) is 5.11 Å². The van der Waals surface area contributed by atoms with Crippen molar-refractivity contribution in [1.29, 1.82) is 0 Å². The Labute approximate surface area is 134 Å². The van der Waals surface area contributed by atoms with Crippen LogP contribution in [0.2, 0.25) is 0 Å². The molecule has 2 heterocycles. The first kappa shape index (κ1) is 16.4. The van der Waals surface area contributed by atoms with Gasteiger partial charge in [0.25, 0.3) is 5.56 Å². The van der Waals surface area contributed by atoms with E-state index in [0.29, 0.717) is 21.9 Å². The molecule has 8 heteroatoms. The monoisotopic (exact) mass is 344 g/mol. The van der Waals surface area contributed by atoms with Crippen LogP contribution >= 0.6 is 34.9 Å². The molecule has 0 spiro atoms. The van der Waals surface area contributed by atoms with Crippen molar-refractivity contribution >= 4 is 51.0 Å². The number of fused-ring (bicyclic) bond motifs is 1. The molecule has 0 radical (unpaired) electrons. The fourth-order valence-corrected chi connectivity index (χ4v) is 3.50. The zero-order chi connectivity index (χ0) is 15.6. The summed E-state index contributed by atoms with van der Waals surface area (Å²) in [6.45, 7) is 4.60. The van der Waals surface area contributed by atoms with E-state index in [1.165, 1.54) is 11.3 Å². The molecule has 21 heavy (non-hydrogen) atoms. The lowest BCUT2D eigenvalue weighted by Crippen LogP contribution is -2.32. The van der Waals surface area contributed by atoms with Crippen LogP contribution in [0.1, 0.15) is 13.8 Å². The summed E-state index contributed by atoms with van der Waals surface area (Å²) in [4.78, 5) is 27.8. The Morgan fingerprint density at radius 2 is 2.24 bits per heavy atom. The van der Waals surface area contributed by atoms with Crippen LogP contribution < -0.4 is 5.56 Å². The van der Waals surface area contributed by atoms with Crippen LogP contribution in [0.15, 0.2) is 21.4 Å². The number of thioether (sulfide) groups is 2. The largest absolute Gasteiger partial charge is 0.481 e. The number of nitrogens with zero attached hydrogens (tertiary/aromatic N) is 2. The minimum Gasteiger partial charge on any atom is -0.481 e. The summed E-state index contributed by atoms with van der Waals surface area (Å²) in [6, 6.07) is 1.79. The minimum atomic E-state index is -0.921. The summed E-state index contributed by atoms with van der Waals surface area (Å²) in [6.07, 6.45) is 1.99. The Kier molecular flexibility index (Phi) is 5.00. The number of carboxylic acids is 1. The van der Waals surface area contributed by atoms with Crippen LogP contribution in [0, 0.1) is 0 Å². The van der Waals surface area contributed by atoms with Gasteiger partial charge in [-0.05, 0) is 31.5 Å². The fraction of sp³-hybridized carbons (Fsp3) is 0.462. The van der Waals surface area contributed by atoms with Gasteiger partial charge >= 0.3 is 5.97 Å². The normalized spacial score (nSPS) is 12.0. The molecule has 2 rings (SSSR count). The maximum absolute atomic E-state index is 12.6. The molecular weight excluding hydrogens is 328 g/mol. The van der Waals surface area contributed by atoms with Gasteiger partial charge in [-0.25, -0.2) is 4.98 Å². The average molecular weight is 344 g/mol. The third-order valence-corrected chi connectivity index (χ3v) is 6.03. The first-order chi connectivity index (χ1) is 9.84. The van der Waals surface area contributed by atoms with Gasteiger partial charge < -0.3 is 5.11 Å². The predicted octanol–water partition coefficient (Wildman–Crippen LogP) is 2.78. The van der Waals surface area contributed by atoms with Gasteiger partial charge in [-0.2, -0.15) is 11.8 Å². The lowest BCUT2D eigenvalue weighted by molar-refractivity contribution is -0.133. The second-order valence-electron chi connectivity index (χ2n) is 5.07. The van der Waals surface area contributed by atoms with E-state index in [2.05, 4.69) is 4.98 Å². The molecule has 0 atom stereocenters. The van der Waals surface area contributed by atoms with Gasteiger partial charge in [-0.15, -0.1) is 11.3 Å². The number of aliphatic carboxylic acids is 1. The standard InChI is InChI=1S/C13H16N2O3S3/c1-13(2,19-3)7-15-11(18)10-8(4-5-20-10)14-12(15)21-6-9(16)17/h4-5H,6-7H2,1-3H3,(H,16,17). The van der Waals surface area contributed by atoms with Crippen molar-refractivity contribution in [3.8, 4) is 0 Å². The number of aromatic nitrogens is 2. The predicted molar refractivity (Wildman–Crippen MR) is 89.8 cm³/mol. The zero-order valence-corrected chi connectivity index (χ0v) is 14.4. The lowest BCUT2D eigenvalue weighted by Gasteiger charge is -2.24. The van der Waals surface area contributed by atoms with Crippen LogP contribution in [0.5, 0.6) is 0 Å². The molecule has 2 aromatic heterocycles. The van der Waals surface area contributed by atoms with E-state index < -0.39 is 5.97 Å². The molecule has 0 aliphatic carbocycles. The van der Waals surface area contributed by atoms with Gasteiger partial charge in [0.1, 0.15) is 4.70 Å². The van der Waals surface area contributed by atoms with Crippen molar-refractivity contribution in [2.75, 3.05) is 12.0 Å². The molecule has 0 bridgehead atoms. The smallest absolute Gasteiger partial charge is 0.313 e. The first-order valence-corrected chi connectivity index (χ1v) is 9.31. The molecule has 0 aliphatic rings. The van der Waals surface area contributed by atoms with Crippen molar-refractivity contribution in [2.24, 2.45) is 0 Å². The zero-order valence-electron chi connectivity index (χ0n) is 12.0. The maximum atomic E-state index is 12.6. The number of rotatable bonds is 6. The van der Waals surface area contributed by atoms with Gasteiger partial charge in [0.15, 0.2) is 5.16 Å². The van der Waals surface area contributed by atoms with Crippen molar-refractivity contribution in [3.05, 3.63) is 21.8 Å². The van der Waals surface area contributed by atoms with Crippen LogP contribution in [0.25, 0.3) is 10.2 Å². The summed E-state index contributed by atoms with van der Waals surface area (Å²) in [5, 5.41) is 11.1. The molecule has 114 valence electrons. The summed E-state index contributed by atoms with van der Waals surface area (Å²) in [5.41, 5.74) is 0.543. The Bertz CT molecular complexity index is 721. The van der Waals surface area contributed by atoms with Gasteiger partial charge in [0.05, 0.1) is 11.3 Å². The number of hydrogen-bond donors (Lipinski definition) is 1. The first-order valence-electron chi connectivity index (χ1n) is 6.22. The summed E-state index contributed by atoms with van der Waals surface area (Å²) in [7, 11) is 0. The van der Waals surface area contributed by atoms with E-state index in [9.17, 15) is 9.59 Å². The minimum absolute atomic E-state index is 0.0926. The van der Waals surface area contributed by atoms with Crippen LogP contribution in [-0.2, 0) is 11.3 Å². The number of carbonyl (C=O) groups is 1. The van der Waals surface area contributed by atoms with E-state index in [-0.39, 0.29) is 16.1 Å². The quantitative estimate of drug-likeness (QED) is 0.642. The van der Waals surface area contributed by atoms with E-state index in [1.807, 2.05) is 25.5 Å². The Hall–Kier alpha value is -0.990. The van der Waals surface area contributed by atoms with Gasteiger partial charge in [0.2, 0.25) is 0 Å². The number of hydrogen-bond acceptors (Lipinski definition) is 6. The lowest BCUT2D eigenvalue weighted by atomic mass is 10.2. The number of carboxylic acid groups (broad SMARTS) is 1. The van der Waals surface area contributed by atoms with E-state index in [0.717, 1.165) is 11.8 Å². The van der Waals surface area contributed by atoms with Crippen molar-refractivity contribution < 1.29 is 9.90 Å². The van der Waals surface area contributed by atoms with Crippen LogP contribution in [0.4, 0.5) is 0 Å². The highest BCUT2D eigenvalue weighted by Crippen LogP contribution is 2.27. The van der Waals surface area contributed by atoms with Gasteiger partial charge in [-0.1, -0.05) is 11.8 Å². The molecule has 5 nitrogen and oxygen atoms in total. The highest BCUT2D eigenvalue weighted by atomic mass is 32.2. The average Bonchev–Trinajstić information content (AvgIpc) is 2.88. The van der Waals surface area contributed by atoms with Gasteiger partial charge in [0, 0.05) is 11.3 Å². The molecule has 0 unspecified atom stereocenters. The topological polar surface area (TPSA) is 72.2 Å². The third-order valence-electron chi connectivity index (χ3n) is 2.95. The maximum Gasteiger partial charge on any atom is 0.313 e. The molecule has 0 fully saturated rings. The molecule has 0 saturated carbocycles. The highest BCUT2D eigenvalue weighted by Gasteiger charge is 2.22. The molecule has 0 saturated heterocycles. The Morgan fingerprint density at radius 1 is 1.52 bits per heavy atom. The summed E-state index contributed by atoms with van der Waals surface area (Å²) >= 11 is 4.11. The SMILES string of the molecule is CSC(C)(C)Cn1c(SCC(=O)O)nc2ccsc2c1=O. The molecule has 0 amide bonds. The Morgan fingerprint density at radius 3 is 2.86 bits per heavy atom. The van der Waals surface area contributed by atoms with Crippen molar-refractivity contribution in [1.82, 2.24) is 9.55 Å². The van der Waals surface area contributed by atoms with E-state index >= 15 is 0 Å². The summed E-state index contributed by atoms with van der Waals surface area (Å²) < 4.78 is 2.09. The molecule has 0 aliphatic heterocycles. The molecule has 1 N–H and O–H groups in total. The van der Waals surface area contributed by atoms with Crippen molar-refractivity contribution in [3.63, 3.8) is 0 Å². The van der Waals surface area contributed by atoms with E-state index in [1.54, 1.807) is 22.4 Å². The summed E-state index contributed by atoms with van der Waals surface area (Å²) in [5.74, 6) is -1.03. The third kappa shape index (κ3) is 3.81. The van der Waals surface area contributed by atoms with Crippen LogP contribution in [0.3, 0.4) is 0 Å². The number of thiophene rings is 1. The second-order valence-corrected chi connectivity index (χ2v) is 8.44. The Balaban J connectivity index is 2.52. The fourth-order valence-electron chi connectivity index (χ4n) is 1.74. The molecule has 2 aromatic rings.